The predicted molar refractivity (Wildman–Crippen MR) is 56.7 cm³/mol. The van der Waals surface area contributed by atoms with Gasteiger partial charge in [0.05, 0.1) is 11.2 Å². The molecule has 2 nitrogen and oxygen atoms in total. The third-order valence-corrected chi connectivity index (χ3v) is 1.60. The van der Waals surface area contributed by atoms with Crippen LogP contribution in [0, 0.1) is 0 Å². The molecule has 0 spiro atoms. The molecule has 0 N–H and O–H groups in total. The molecule has 0 aliphatic rings. The minimum Gasteiger partial charge on any atom is -0.230 e. The maximum absolute atomic E-state index is 5.09. The Hall–Kier alpha value is 0.283. The topological polar surface area (TPSA) is 18.5 Å². The van der Waals surface area contributed by atoms with E-state index in [-0.39, 0.29) is 11.2 Å². The van der Waals surface area contributed by atoms with E-state index in [4.69, 9.17) is 9.78 Å². The van der Waals surface area contributed by atoms with Crippen molar-refractivity contribution in [3.8, 4) is 0 Å². The van der Waals surface area contributed by atoms with Crippen LogP contribution in [0.2, 0.25) is 5.02 Å². The maximum atomic E-state index is 5.09. The second kappa shape index (κ2) is 7.56. The van der Waals surface area contributed by atoms with E-state index in [0.29, 0.717) is 0 Å². The zero-order valence-corrected chi connectivity index (χ0v) is 13.5. The van der Waals surface area contributed by atoms with Gasteiger partial charge in [0, 0.05) is 0 Å². The summed E-state index contributed by atoms with van der Waals surface area (Å²) >= 11 is 1.35. The second-order valence-corrected chi connectivity index (χ2v) is 6.18. The van der Waals surface area contributed by atoms with Gasteiger partial charge >= 0.3 is 36.0 Å². The molecule has 0 heterocycles. The summed E-state index contributed by atoms with van der Waals surface area (Å²) < 4.78 is 0. The molecule has 0 aliphatic heterocycles. The number of allylic oxidation sites excluding steroid dienone is 1. The number of rotatable bonds is 2. The van der Waals surface area contributed by atoms with Gasteiger partial charge in [-0.3, -0.25) is 0 Å². The van der Waals surface area contributed by atoms with Gasteiger partial charge in [0.25, 0.3) is 0 Å². The van der Waals surface area contributed by atoms with Crippen LogP contribution in [0.25, 0.3) is 0 Å². The second-order valence-electron chi connectivity index (χ2n) is 4.97. The molecule has 0 amide bonds. The van der Waals surface area contributed by atoms with Gasteiger partial charge in [-0.2, -0.15) is 0 Å². The Kier molecular flexibility index (Phi) is 9.02. The van der Waals surface area contributed by atoms with Crippen molar-refractivity contribution in [2.24, 2.45) is 0 Å². The van der Waals surface area contributed by atoms with Crippen LogP contribution in [0.15, 0.2) is 12.7 Å². The fraction of sp³-hybridized carbons (Fsp3) is 0.818. The molecule has 0 atom stereocenters. The zero-order valence-electron chi connectivity index (χ0n) is 10.5. The van der Waals surface area contributed by atoms with E-state index in [9.17, 15) is 0 Å². The van der Waals surface area contributed by atoms with Crippen molar-refractivity contribution in [3.05, 3.63) is 12.7 Å². The molecule has 0 aromatic rings. The van der Waals surface area contributed by atoms with Crippen LogP contribution in [-0.4, -0.2) is 11.2 Å². The van der Waals surface area contributed by atoms with Crippen LogP contribution < -0.4 is 0 Å². The van der Waals surface area contributed by atoms with Crippen molar-refractivity contribution in [2.45, 2.75) is 57.8 Å². The fourth-order valence-corrected chi connectivity index (χ4v) is 0.250. The van der Waals surface area contributed by atoms with E-state index in [2.05, 4.69) is 6.58 Å². The molecule has 81 valence electrons. The van der Waals surface area contributed by atoms with E-state index in [1.807, 2.05) is 47.6 Å². The van der Waals surface area contributed by atoms with E-state index < -0.39 is 0 Å². The Morgan fingerprint density at radius 2 is 1.21 bits per heavy atom. The van der Waals surface area contributed by atoms with Gasteiger partial charge in [0.15, 0.2) is 0 Å². The van der Waals surface area contributed by atoms with E-state index >= 15 is 0 Å². The molecule has 0 rings (SSSR count). The zero-order chi connectivity index (χ0) is 11.8. The first-order valence-corrected chi connectivity index (χ1v) is 6.99. The summed E-state index contributed by atoms with van der Waals surface area (Å²) in [6.45, 7) is 15.3. The standard InChI is InChI=1S/C8H18O2.C3H5.Zn/c1-7(2,3)9-10-8(4,5)6;1-3-2;/h1-6H3;3H,1-2H2;. The Labute approximate surface area is 98.7 Å². The summed E-state index contributed by atoms with van der Waals surface area (Å²) in [5.41, 5.74) is -0.430. The molecule has 0 aromatic heterocycles. The van der Waals surface area contributed by atoms with Gasteiger partial charge in [0.2, 0.25) is 0 Å². The molecule has 0 saturated carbocycles. The van der Waals surface area contributed by atoms with Crippen LogP contribution in [0.4, 0.5) is 0 Å². The van der Waals surface area contributed by atoms with Crippen molar-refractivity contribution in [1.82, 2.24) is 0 Å². The Balaban J connectivity index is 0. The van der Waals surface area contributed by atoms with Gasteiger partial charge < -0.3 is 0 Å². The van der Waals surface area contributed by atoms with Gasteiger partial charge in [-0.05, 0) is 41.5 Å². The summed E-state index contributed by atoms with van der Waals surface area (Å²) in [5, 5.41) is 1.21. The van der Waals surface area contributed by atoms with Crippen LogP contribution in [0.5, 0.6) is 0 Å². The normalized spacial score (nSPS) is 11.7. The van der Waals surface area contributed by atoms with Crippen molar-refractivity contribution in [2.75, 3.05) is 0 Å². The van der Waals surface area contributed by atoms with E-state index in [0.717, 1.165) is 0 Å². The van der Waals surface area contributed by atoms with Crippen LogP contribution >= 0.6 is 0 Å². The monoisotopic (exact) mass is 251 g/mol. The van der Waals surface area contributed by atoms with Gasteiger partial charge in [-0.25, -0.2) is 9.78 Å². The van der Waals surface area contributed by atoms with Crippen LogP contribution in [-0.2, 0) is 28.1 Å². The smallest absolute Gasteiger partial charge is 0.0952 e. The molecular weight excluding hydrogens is 230 g/mol. The maximum Gasteiger partial charge on any atom is 0.0952 e. The molecule has 0 aromatic carbocycles. The number of hydrogen-bond donors (Lipinski definition) is 0. The summed E-state index contributed by atoms with van der Waals surface area (Å²) in [7, 11) is 0. The Morgan fingerprint density at radius 3 is 1.29 bits per heavy atom. The molecule has 0 fully saturated rings. The van der Waals surface area contributed by atoms with Crippen molar-refractivity contribution in [3.63, 3.8) is 0 Å². The van der Waals surface area contributed by atoms with Gasteiger partial charge in [-0.15, -0.1) is 0 Å². The fourth-order valence-electron chi connectivity index (χ4n) is 0.250. The van der Waals surface area contributed by atoms with Crippen LogP contribution in [0.3, 0.4) is 0 Å². The average molecular weight is 253 g/mol. The molecule has 0 bridgehead atoms. The van der Waals surface area contributed by atoms with E-state index in [1.54, 1.807) is 0 Å². The molecule has 0 unspecified atom stereocenters. The van der Waals surface area contributed by atoms with Gasteiger partial charge in [-0.1, -0.05) is 0 Å². The largest absolute Gasteiger partial charge is 0.230 e. The van der Waals surface area contributed by atoms with Crippen molar-refractivity contribution >= 4 is 0 Å². The first-order valence-electron chi connectivity index (χ1n) is 4.89. The Morgan fingerprint density at radius 1 is 1.00 bits per heavy atom. The number of hydrogen-bond acceptors (Lipinski definition) is 2. The molecule has 0 radical (unpaired) electrons. The third kappa shape index (κ3) is 22.8. The summed E-state index contributed by atoms with van der Waals surface area (Å²) in [4.78, 5) is 10.2. The molecule has 0 saturated heterocycles. The first-order chi connectivity index (χ1) is 6.12. The SMILES string of the molecule is C=C[CH2][Zn].CC(C)(C)OOC(C)(C)C. The van der Waals surface area contributed by atoms with Crippen molar-refractivity contribution in [1.29, 1.82) is 0 Å². The van der Waals surface area contributed by atoms with Gasteiger partial charge in [0.1, 0.15) is 0 Å². The minimum absolute atomic E-state index is 0.215. The summed E-state index contributed by atoms with van der Waals surface area (Å²) in [6.07, 6.45) is 1.93. The minimum atomic E-state index is -0.215. The third-order valence-electron chi connectivity index (χ3n) is 0.746. The quantitative estimate of drug-likeness (QED) is 0.323. The van der Waals surface area contributed by atoms with Crippen molar-refractivity contribution < 1.29 is 28.1 Å². The summed E-state index contributed by atoms with van der Waals surface area (Å²) in [5.74, 6) is 0. The predicted octanol–water partition coefficient (Wildman–Crippen LogP) is 3.67. The van der Waals surface area contributed by atoms with E-state index in [1.165, 1.54) is 23.3 Å². The molecule has 14 heavy (non-hydrogen) atoms. The summed E-state index contributed by atoms with van der Waals surface area (Å²) in [6, 6.07) is 0. The molecule has 0 aliphatic carbocycles. The Bertz CT molecular complexity index is 128. The molecule has 3 heteroatoms. The first kappa shape index (κ1) is 16.7. The average Bonchev–Trinajstić information content (AvgIpc) is 1.99. The molecular formula is C11H23O2Zn. The van der Waals surface area contributed by atoms with Crippen LogP contribution in [0.1, 0.15) is 41.5 Å².